The van der Waals surface area contributed by atoms with E-state index in [1.807, 2.05) is 6.08 Å². The number of hydrogen-bond donors (Lipinski definition) is 3. The standard InChI is InChI=1S/C40H30N4/c1-4-12-28(13-5-1)38-41-37-35(43(38)32-18-10-11-19-32)25-22-27-20-21-31-26-33(23-24-34(31)36(27)37)44-39(29-14-6-2-7-15-29)42-40(44)30-16-8-3-9-17-30/h1-10,12-26,38-42H/p+1. The second-order valence-corrected chi connectivity index (χ2v) is 11.8. The van der Waals surface area contributed by atoms with Gasteiger partial charge >= 0.3 is 0 Å². The fourth-order valence-electron chi connectivity index (χ4n) is 7.22. The Hall–Kier alpha value is -5.38. The van der Waals surface area contributed by atoms with Crippen LogP contribution in [0.25, 0.3) is 21.5 Å². The summed E-state index contributed by atoms with van der Waals surface area (Å²) in [6.45, 7) is 0. The first-order valence-electron chi connectivity index (χ1n) is 15.3. The molecule has 4 heteroatoms. The minimum atomic E-state index is -0.00278. The molecule has 0 amide bonds. The Labute approximate surface area is 256 Å². The largest absolute Gasteiger partial charge is 0.359 e. The predicted molar refractivity (Wildman–Crippen MR) is 180 cm³/mol. The van der Waals surface area contributed by atoms with Gasteiger partial charge < -0.3 is 10.2 Å². The van der Waals surface area contributed by atoms with Crippen LogP contribution in [0.5, 0.6) is 0 Å². The zero-order chi connectivity index (χ0) is 29.0. The molecule has 3 N–H and O–H groups in total. The van der Waals surface area contributed by atoms with Gasteiger partial charge in [0.25, 0.3) is 0 Å². The molecule has 210 valence electrons. The summed E-state index contributed by atoms with van der Waals surface area (Å²) in [6.07, 6.45) is 6.58. The summed E-state index contributed by atoms with van der Waals surface area (Å²) in [5.74, 6) is 0. The second-order valence-electron chi connectivity index (χ2n) is 11.8. The van der Waals surface area contributed by atoms with Gasteiger partial charge in [0, 0.05) is 28.7 Å². The van der Waals surface area contributed by atoms with E-state index in [0.29, 0.717) is 0 Å². The molecule has 3 atom stereocenters. The average Bonchev–Trinajstić information content (AvgIpc) is 3.74. The summed E-state index contributed by atoms with van der Waals surface area (Å²) in [5, 5.41) is 12.8. The number of hydrogen-bond acceptors (Lipinski definition) is 3. The van der Waals surface area contributed by atoms with E-state index in [1.165, 1.54) is 60.2 Å². The number of nitrogens with zero attached hydrogens (tertiary/aromatic N) is 1. The Balaban J connectivity index is 1.18. The molecule has 1 saturated heterocycles. The van der Waals surface area contributed by atoms with Crippen molar-refractivity contribution in [2.45, 2.75) is 18.5 Å². The average molecular weight is 568 g/mol. The van der Waals surface area contributed by atoms with Crippen molar-refractivity contribution in [3.05, 3.63) is 180 Å². The Morgan fingerprint density at radius 2 is 1.27 bits per heavy atom. The van der Waals surface area contributed by atoms with Gasteiger partial charge in [-0.15, -0.1) is 5.73 Å². The molecule has 44 heavy (non-hydrogen) atoms. The van der Waals surface area contributed by atoms with Crippen molar-refractivity contribution in [2.75, 3.05) is 10.2 Å². The number of benzene rings is 6. The number of nitrogens with one attached hydrogen (secondary N) is 3. The van der Waals surface area contributed by atoms with Gasteiger partial charge in [-0.3, -0.25) is 4.90 Å². The molecule has 0 bridgehead atoms. The second kappa shape index (κ2) is 10.1. The molecule has 3 aliphatic rings. The zero-order valence-corrected chi connectivity index (χ0v) is 24.1. The molecule has 2 aliphatic heterocycles. The Kier molecular flexibility index (Phi) is 5.78. The minimum Gasteiger partial charge on any atom is -0.359 e. The van der Waals surface area contributed by atoms with E-state index in [2.05, 4.69) is 167 Å². The molecule has 1 aliphatic carbocycles. The van der Waals surface area contributed by atoms with Gasteiger partial charge in [-0.2, -0.15) is 0 Å². The maximum atomic E-state index is 3.94. The summed E-state index contributed by atoms with van der Waals surface area (Å²) in [5.41, 5.74) is 11.9. The van der Waals surface area contributed by atoms with Gasteiger partial charge in [0.15, 0.2) is 12.3 Å². The predicted octanol–water partition coefficient (Wildman–Crippen LogP) is 8.05. The van der Waals surface area contributed by atoms with Gasteiger partial charge in [0.1, 0.15) is 11.9 Å². The Morgan fingerprint density at radius 1 is 0.636 bits per heavy atom. The van der Waals surface area contributed by atoms with Crippen LogP contribution < -0.4 is 20.4 Å². The van der Waals surface area contributed by atoms with Crippen molar-refractivity contribution in [1.82, 2.24) is 5.32 Å². The molecule has 6 aromatic rings. The molecule has 0 spiro atoms. The summed E-state index contributed by atoms with van der Waals surface area (Å²) in [6, 6.07) is 48.4. The van der Waals surface area contributed by atoms with Crippen molar-refractivity contribution < 1.29 is 4.90 Å². The SMILES string of the molecule is C1=CC=C(N2c3ccc4ccc5cc([NH+]6C(c7ccccc7)NC6c6ccccc6)ccc5c4c3NC2c2ccccc2)C=1. The Bertz CT molecular complexity index is 2080. The van der Waals surface area contributed by atoms with E-state index >= 15 is 0 Å². The molecule has 0 aromatic heterocycles. The highest BCUT2D eigenvalue weighted by atomic mass is 15.5. The Morgan fingerprint density at radius 3 is 1.93 bits per heavy atom. The molecule has 2 heterocycles. The van der Waals surface area contributed by atoms with Crippen LogP contribution in [0.3, 0.4) is 0 Å². The van der Waals surface area contributed by atoms with E-state index < -0.39 is 0 Å². The third-order valence-corrected chi connectivity index (χ3v) is 9.31. The fraction of sp³-hybridized carbons (Fsp3) is 0.0750. The molecule has 9 rings (SSSR count). The lowest BCUT2D eigenvalue weighted by Crippen LogP contribution is -3.19. The van der Waals surface area contributed by atoms with Gasteiger partial charge in [-0.25, -0.2) is 5.32 Å². The highest BCUT2D eigenvalue weighted by molar-refractivity contribution is 6.17. The van der Waals surface area contributed by atoms with Crippen molar-refractivity contribution in [3.63, 3.8) is 0 Å². The number of rotatable bonds is 5. The zero-order valence-electron chi connectivity index (χ0n) is 24.1. The first-order valence-corrected chi connectivity index (χ1v) is 15.3. The molecule has 0 radical (unpaired) electrons. The quantitative estimate of drug-likeness (QED) is 0.146. The van der Waals surface area contributed by atoms with Gasteiger partial charge in [-0.05, 0) is 52.1 Å². The molecule has 3 unspecified atom stereocenters. The lowest BCUT2D eigenvalue weighted by molar-refractivity contribution is -0.962. The molecule has 1 fully saturated rings. The maximum Gasteiger partial charge on any atom is 0.178 e. The van der Waals surface area contributed by atoms with E-state index in [-0.39, 0.29) is 18.5 Å². The highest BCUT2D eigenvalue weighted by Crippen LogP contribution is 2.49. The molecule has 4 nitrogen and oxygen atoms in total. The first kappa shape index (κ1) is 25.1. The van der Waals surface area contributed by atoms with Gasteiger partial charge in [0.2, 0.25) is 0 Å². The maximum absolute atomic E-state index is 3.94. The van der Waals surface area contributed by atoms with Crippen molar-refractivity contribution in [2.24, 2.45) is 0 Å². The van der Waals surface area contributed by atoms with Crippen LogP contribution in [-0.4, -0.2) is 0 Å². The van der Waals surface area contributed by atoms with Crippen LogP contribution in [0, 0.1) is 0 Å². The summed E-state index contributed by atoms with van der Waals surface area (Å²) in [4.78, 5) is 3.82. The fourth-order valence-corrected chi connectivity index (χ4v) is 7.22. The van der Waals surface area contributed by atoms with Crippen molar-refractivity contribution in [3.8, 4) is 0 Å². The van der Waals surface area contributed by atoms with E-state index in [9.17, 15) is 0 Å². The number of quaternary nitrogens is 1. The van der Waals surface area contributed by atoms with Crippen LogP contribution >= 0.6 is 0 Å². The number of anilines is 2. The smallest absolute Gasteiger partial charge is 0.178 e. The third kappa shape index (κ3) is 3.94. The van der Waals surface area contributed by atoms with E-state index in [1.54, 1.807) is 0 Å². The van der Waals surface area contributed by atoms with Gasteiger partial charge in [0.05, 0.1) is 17.1 Å². The third-order valence-electron chi connectivity index (χ3n) is 9.31. The molecular formula is C40H31N4+. The monoisotopic (exact) mass is 567 g/mol. The lowest BCUT2D eigenvalue weighted by Gasteiger charge is -2.45. The number of allylic oxidation sites excluding steroid dienone is 2. The van der Waals surface area contributed by atoms with Gasteiger partial charge in [-0.1, -0.05) is 109 Å². The summed E-state index contributed by atoms with van der Waals surface area (Å²) < 4.78 is 0. The first-order chi connectivity index (χ1) is 21.8. The van der Waals surface area contributed by atoms with Crippen LogP contribution in [0.15, 0.2) is 163 Å². The van der Waals surface area contributed by atoms with Crippen LogP contribution in [0.4, 0.5) is 17.1 Å². The van der Waals surface area contributed by atoms with E-state index in [4.69, 9.17) is 0 Å². The van der Waals surface area contributed by atoms with Crippen LogP contribution in [0.2, 0.25) is 0 Å². The topological polar surface area (TPSA) is 31.7 Å². The normalized spacial score (nSPS) is 21.7. The van der Waals surface area contributed by atoms with Crippen LogP contribution in [0.1, 0.15) is 35.2 Å². The molecule has 0 saturated carbocycles. The van der Waals surface area contributed by atoms with Crippen molar-refractivity contribution in [1.29, 1.82) is 0 Å². The molecular weight excluding hydrogens is 536 g/mol. The number of fused-ring (bicyclic) bond motifs is 5. The van der Waals surface area contributed by atoms with E-state index in [0.717, 1.165) is 5.70 Å². The van der Waals surface area contributed by atoms with Crippen molar-refractivity contribution >= 4 is 38.6 Å². The molecule has 6 aromatic carbocycles. The minimum absolute atomic E-state index is 0.00278. The van der Waals surface area contributed by atoms with Crippen LogP contribution in [-0.2, 0) is 0 Å². The lowest BCUT2D eigenvalue weighted by atomic mass is 9.96. The summed E-state index contributed by atoms with van der Waals surface area (Å²) >= 11 is 0. The highest BCUT2D eigenvalue weighted by Gasteiger charge is 2.45. The summed E-state index contributed by atoms with van der Waals surface area (Å²) in [7, 11) is 0.